The van der Waals surface area contributed by atoms with E-state index in [1.807, 2.05) is 25.0 Å². The average Bonchev–Trinajstić information content (AvgIpc) is 2.70. The number of nitrogens with zero attached hydrogens (tertiary/aromatic N) is 2. The second-order valence-electron chi connectivity index (χ2n) is 5.42. The first-order chi connectivity index (χ1) is 8.61. The summed E-state index contributed by atoms with van der Waals surface area (Å²) in [6.45, 7) is 4.35. The Bertz CT molecular complexity index is 388. The van der Waals surface area contributed by atoms with Crippen LogP contribution >= 0.6 is 0 Å². The minimum absolute atomic E-state index is 0.360. The van der Waals surface area contributed by atoms with Crippen molar-refractivity contribution >= 4 is 0 Å². The van der Waals surface area contributed by atoms with Crippen LogP contribution in [-0.2, 0) is 11.8 Å². The number of aromatic nitrogens is 2. The third-order valence-corrected chi connectivity index (χ3v) is 4.18. The SMILES string of the molecule is COC1CCCC(NC(C)c2cnn(C)c2C)C1. The summed E-state index contributed by atoms with van der Waals surface area (Å²) < 4.78 is 7.42. The summed E-state index contributed by atoms with van der Waals surface area (Å²) in [4.78, 5) is 0. The molecular weight excluding hydrogens is 226 g/mol. The molecule has 1 aromatic rings. The van der Waals surface area contributed by atoms with Crippen LogP contribution in [0.15, 0.2) is 6.20 Å². The summed E-state index contributed by atoms with van der Waals surface area (Å²) in [5.41, 5.74) is 2.55. The molecule has 0 aliphatic heterocycles. The maximum absolute atomic E-state index is 5.48. The fourth-order valence-electron chi connectivity index (χ4n) is 2.89. The molecule has 18 heavy (non-hydrogen) atoms. The summed E-state index contributed by atoms with van der Waals surface area (Å²) >= 11 is 0. The van der Waals surface area contributed by atoms with Crippen LogP contribution in [0.1, 0.15) is 49.9 Å². The number of aryl methyl sites for hydroxylation is 1. The van der Waals surface area contributed by atoms with E-state index in [1.54, 1.807) is 0 Å². The largest absolute Gasteiger partial charge is 0.381 e. The van der Waals surface area contributed by atoms with Gasteiger partial charge >= 0.3 is 0 Å². The van der Waals surface area contributed by atoms with Gasteiger partial charge in [0.15, 0.2) is 0 Å². The lowest BCUT2D eigenvalue weighted by molar-refractivity contribution is 0.0572. The molecule has 1 fully saturated rings. The van der Waals surface area contributed by atoms with E-state index < -0.39 is 0 Å². The zero-order valence-corrected chi connectivity index (χ0v) is 11.9. The quantitative estimate of drug-likeness (QED) is 0.892. The van der Waals surface area contributed by atoms with E-state index in [9.17, 15) is 0 Å². The highest BCUT2D eigenvalue weighted by atomic mass is 16.5. The molecule has 1 aliphatic carbocycles. The van der Waals surface area contributed by atoms with Crippen molar-refractivity contribution in [2.24, 2.45) is 7.05 Å². The predicted octanol–water partition coefficient (Wildman–Crippen LogP) is 2.34. The number of ether oxygens (including phenoxy) is 1. The van der Waals surface area contributed by atoms with Crippen LogP contribution in [0.2, 0.25) is 0 Å². The Balaban J connectivity index is 1.94. The molecule has 1 saturated carbocycles. The molecular formula is C14H25N3O. The van der Waals surface area contributed by atoms with Gasteiger partial charge in [0, 0.05) is 37.5 Å². The van der Waals surface area contributed by atoms with E-state index in [1.165, 1.54) is 30.5 Å². The van der Waals surface area contributed by atoms with Crippen molar-refractivity contribution in [2.75, 3.05) is 7.11 Å². The highest BCUT2D eigenvalue weighted by Crippen LogP contribution is 2.24. The summed E-state index contributed by atoms with van der Waals surface area (Å²) in [6, 6.07) is 0.928. The minimum atomic E-state index is 0.360. The van der Waals surface area contributed by atoms with Gasteiger partial charge in [0.25, 0.3) is 0 Å². The van der Waals surface area contributed by atoms with Crippen LogP contribution in [0.3, 0.4) is 0 Å². The molecule has 0 radical (unpaired) electrons. The maximum Gasteiger partial charge on any atom is 0.0586 e. The van der Waals surface area contributed by atoms with E-state index in [-0.39, 0.29) is 0 Å². The molecule has 1 aromatic heterocycles. The van der Waals surface area contributed by atoms with Gasteiger partial charge in [-0.3, -0.25) is 4.68 Å². The first kappa shape index (κ1) is 13.6. The second-order valence-corrected chi connectivity index (χ2v) is 5.42. The van der Waals surface area contributed by atoms with Gasteiger partial charge in [-0.2, -0.15) is 5.10 Å². The molecule has 1 heterocycles. The van der Waals surface area contributed by atoms with E-state index >= 15 is 0 Å². The fraction of sp³-hybridized carbons (Fsp3) is 0.786. The Morgan fingerprint density at radius 2 is 2.28 bits per heavy atom. The standard InChI is InChI=1S/C14H25N3O/c1-10(14-9-15-17(3)11(14)2)16-12-6-5-7-13(8-12)18-4/h9-10,12-13,16H,5-8H2,1-4H3. The third kappa shape index (κ3) is 2.93. The molecule has 102 valence electrons. The van der Waals surface area contributed by atoms with Crippen molar-refractivity contribution in [2.45, 2.75) is 57.7 Å². The van der Waals surface area contributed by atoms with Crippen LogP contribution in [0.25, 0.3) is 0 Å². The van der Waals surface area contributed by atoms with Gasteiger partial charge in [-0.25, -0.2) is 0 Å². The van der Waals surface area contributed by atoms with Gasteiger partial charge in [0.1, 0.15) is 0 Å². The fourth-order valence-corrected chi connectivity index (χ4v) is 2.89. The molecule has 4 heteroatoms. The number of hydrogen-bond acceptors (Lipinski definition) is 3. The van der Waals surface area contributed by atoms with Crippen molar-refractivity contribution in [3.05, 3.63) is 17.5 Å². The maximum atomic E-state index is 5.48. The van der Waals surface area contributed by atoms with Crippen molar-refractivity contribution in [3.63, 3.8) is 0 Å². The van der Waals surface area contributed by atoms with Crippen molar-refractivity contribution in [3.8, 4) is 0 Å². The highest BCUT2D eigenvalue weighted by molar-refractivity contribution is 5.19. The van der Waals surface area contributed by atoms with Crippen LogP contribution in [-0.4, -0.2) is 29.0 Å². The van der Waals surface area contributed by atoms with Crippen molar-refractivity contribution in [1.82, 2.24) is 15.1 Å². The minimum Gasteiger partial charge on any atom is -0.381 e. The molecule has 3 unspecified atom stereocenters. The van der Waals surface area contributed by atoms with Crippen LogP contribution in [0, 0.1) is 6.92 Å². The average molecular weight is 251 g/mol. The zero-order valence-electron chi connectivity index (χ0n) is 11.9. The zero-order chi connectivity index (χ0) is 13.1. The second kappa shape index (κ2) is 5.85. The topological polar surface area (TPSA) is 39.1 Å². The molecule has 0 amide bonds. The van der Waals surface area contributed by atoms with Gasteiger partial charge in [0.05, 0.1) is 12.3 Å². The first-order valence-corrected chi connectivity index (χ1v) is 6.89. The Kier molecular flexibility index (Phi) is 4.40. The lowest BCUT2D eigenvalue weighted by Crippen LogP contribution is -2.38. The van der Waals surface area contributed by atoms with E-state index in [0.717, 1.165) is 6.42 Å². The van der Waals surface area contributed by atoms with Gasteiger partial charge < -0.3 is 10.1 Å². The van der Waals surface area contributed by atoms with Gasteiger partial charge in [-0.1, -0.05) is 0 Å². The highest BCUT2D eigenvalue weighted by Gasteiger charge is 2.23. The summed E-state index contributed by atoms with van der Waals surface area (Å²) in [6.07, 6.45) is 7.25. The molecule has 0 spiro atoms. The number of nitrogens with one attached hydrogen (secondary N) is 1. The lowest BCUT2D eigenvalue weighted by atomic mass is 9.92. The third-order valence-electron chi connectivity index (χ3n) is 4.18. The van der Waals surface area contributed by atoms with E-state index in [0.29, 0.717) is 18.2 Å². The summed E-state index contributed by atoms with van der Waals surface area (Å²) in [5.74, 6) is 0. The number of rotatable bonds is 4. The van der Waals surface area contributed by atoms with E-state index in [2.05, 4.69) is 24.3 Å². The molecule has 0 bridgehead atoms. The molecule has 1 aliphatic rings. The molecule has 4 nitrogen and oxygen atoms in total. The van der Waals surface area contributed by atoms with Crippen LogP contribution < -0.4 is 5.32 Å². The summed E-state index contributed by atoms with van der Waals surface area (Å²) in [5, 5.41) is 8.03. The monoisotopic (exact) mass is 251 g/mol. The molecule has 0 saturated heterocycles. The smallest absolute Gasteiger partial charge is 0.0586 e. The molecule has 3 atom stereocenters. The van der Waals surface area contributed by atoms with Gasteiger partial charge in [-0.15, -0.1) is 0 Å². The Labute approximate surface area is 110 Å². The Hall–Kier alpha value is -0.870. The number of methoxy groups -OCH3 is 1. The Morgan fingerprint density at radius 1 is 1.50 bits per heavy atom. The number of hydrogen-bond donors (Lipinski definition) is 1. The van der Waals surface area contributed by atoms with Gasteiger partial charge in [-0.05, 0) is 39.5 Å². The first-order valence-electron chi connectivity index (χ1n) is 6.89. The molecule has 1 N–H and O–H groups in total. The molecule has 2 rings (SSSR count). The van der Waals surface area contributed by atoms with Crippen molar-refractivity contribution < 1.29 is 4.74 Å². The van der Waals surface area contributed by atoms with Crippen molar-refractivity contribution in [1.29, 1.82) is 0 Å². The van der Waals surface area contributed by atoms with Crippen LogP contribution in [0.4, 0.5) is 0 Å². The predicted molar refractivity (Wildman–Crippen MR) is 72.5 cm³/mol. The normalized spacial score (nSPS) is 26.2. The van der Waals surface area contributed by atoms with Gasteiger partial charge in [0.2, 0.25) is 0 Å². The van der Waals surface area contributed by atoms with Crippen LogP contribution in [0.5, 0.6) is 0 Å². The lowest BCUT2D eigenvalue weighted by Gasteiger charge is -2.31. The Morgan fingerprint density at radius 3 is 2.89 bits per heavy atom. The van der Waals surface area contributed by atoms with E-state index in [4.69, 9.17) is 4.74 Å². The summed E-state index contributed by atoms with van der Waals surface area (Å²) in [7, 11) is 3.81. The molecule has 0 aromatic carbocycles.